The Kier molecular flexibility index (Phi) is 8.22. The molecule has 8 nitrogen and oxygen atoms in total. The van der Waals surface area contributed by atoms with Crippen LogP contribution >= 0.6 is 11.6 Å². The smallest absolute Gasteiger partial charge is 0.332 e. The summed E-state index contributed by atoms with van der Waals surface area (Å²) in [6, 6.07) is 17.4. The van der Waals surface area contributed by atoms with Crippen molar-refractivity contribution in [1.29, 1.82) is 0 Å². The molecule has 0 saturated heterocycles. The maximum atomic E-state index is 13.8. The molecule has 9 heteroatoms. The number of fused-ring (bicyclic) bond motifs is 1. The van der Waals surface area contributed by atoms with Gasteiger partial charge in [0.2, 0.25) is 0 Å². The molecule has 0 unspecified atom stereocenters. The van der Waals surface area contributed by atoms with E-state index in [1.54, 1.807) is 42.5 Å². The normalized spacial score (nSPS) is 11.8. The van der Waals surface area contributed by atoms with Crippen LogP contribution in [0.5, 0.6) is 11.5 Å². The predicted octanol–water partition coefficient (Wildman–Crippen LogP) is 4.46. The second-order valence-electron chi connectivity index (χ2n) is 9.06. The molecule has 1 N–H and O–H groups in total. The number of methoxy groups -OCH3 is 2. The summed E-state index contributed by atoms with van der Waals surface area (Å²) in [5.74, 6) is 0.607. The highest BCUT2D eigenvalue weighted by molar-refractivity contribution is 6.31. The number of halogens is 1. The van der Waals surface area contributed by atoms with Gasteiger partial charge < -0.3 is 14.8 Å². The molecule has 38 heavy (non-hydrogen) atoms. The Labute approximate surface area is 225 Å². The minimum Gasteiger partial charge on any atom is -0.493 e. The molecule has 1 amide bonds. The lowest BCUT2D eigenvalue weighted by Crippen LogP contribution is -2.40. The zero-order chi connectivity index (χ0) is 27.4. The quantitative estimate of drug-likeness (QED) is 0.342. The van der Waals surface area contributed by atoms with Crippen molar-refractivity contribution in [3.8, 4) is 11.5 Å². The van der Waals surface area contributed by atoms with Crippen molar-refractivity contribution >= 4 is 28.4 Å². The first-order valence-corrected chi connectivity index (χ1v) is 12.7. The molecule has 0 fully saturated rings. The molecule has 4 aromatic rings. The molecule has 0 aliphatic rings. The van der Waals surface area contributed by atoms with E-state index in [4.69, 9.17) is 21.1 Å². The van der Waals surface area contributed by atoms with Gasteiger partial charge in [0.25, 0.3) is 11.5 Å². The molecule has 3 aromatic carbocycles. The van der Waals surface area contributed by atoms with E-state index in [1.165, 1.54) is 23.4 Å². The van der Waals surface area contributed by atoms with E-state index in [-0.39, 0.29) is 25.0 Å². The molecular formula is C29H30ClN3O5. The SMILES string of the molecule is CC[C@H](C)NC(=O)c1ccc(Cn2c(=O)c3cc(OC)c(OC)cc3n(Cc3ccccc3Cl)c2=O)cc1. The number of nitrogens with one attached hydrogen (secondary N) is 1. The predicted molar refractivity (Wildman–Crippen MR) is 149 cm³/mol. The highest BCUT2D eigenvalue weighted by atomic mass is 35.5. The van der Waals surface area contributed by atoms with Crippen molar-refractivity contribution in [3.05, 3.63) is 103 Å². The number of carbonyl (C=O) groups excluding carboxylic acids is 1. The first kappa shape index (κ1) is 27.0. The van der Waals surface area contributed by atoms with Crippen LogP contribution in [-0.2, 0) is 13.1 Å². The fraction of sp³-hybridized carbons (Fsp3) is 0.276. The highest BCUT2D eigenvalue weighted by Gasteiger charge is 2.18. The number of nitrogens with zero attached hydrogens (tertiary/aromatic N) is 2. The molecule has 0 spiro atoms. The molecule has 0 aliphatic heterocycles. The van der Waals surface area contributed by atoms with Crippen LogP contribution in [0.15, 0.2) is 70.3 Å². The lowest BCUT2D eigenvalue weighted by atomic mass is 10.1. The van der Waals surface area contributed by atoms with Gasteiger partial charge in [0.1, 0.15) is 0 Å². The second-order valence-corrected chi connectivity index (χ2v) is 9.46. The lowest BCUT2D eigenvalue weighted by molar-refractivity contribution is 0.0939. The van der Waals surface area contributed by atoms with Crippen LogP contribution < -0.4 is 26.0 Å². The van der Waals surface area contributed by atoms with Crippen molar-refractivity contribution in [2.24, 2.45) is 0 Å². The maximum Gasteiger partial charge on any atom is 0.332 e. The molecule has 0 radical (unpaired) electrons. The number of ether oxygens (including phenoxy) is 2. The van der Waals surface area contributed by atoms with E-state index >= 15 is 0 Å². The summed E-state index contributed by atoms with van der Waals surface area (Å²) in [4.78, 5) is 39.8. The van der Waals surface area contributed by atoms with Crippen LogP contribution in [0.25, 0.3) is 10.9 Å². The van der Waals surface area contributed by atoms with Crippen LogP contribution in [0.3, 0.4) is 0 Å². The fourth-order valence-corrected chi connectivity index (χ4v) is 4.38. The van der Waals surface area contributed by atoms with Crippen LogP contribution in [0.4, 0.5) is 0 Å². The zero-order valence-corrected chi connectivity index (χ0v) is 22.5. The van der Waals surface area contributed by atoms with Crippen molar-refractivity contribution < 1.29 is 14.3 Å². The Morgan fingerprint density at radius 3 is 2.24 bits per heavy atom. The van der Waals surface area contributed by atoms with Crippen molar-refractivity contribution in [2.75, 3.05) is 14.2 Å². The van der Waals surface area contributed by atoms with E-state index in [9.17, 15) is 14.4 Å². The van der Waals surface area contributed by atoms with Gasteiger partial charge in [-0.25, -0.2) is 4.79 Å². The van der Waals surface area contributed by atoms with Crippen LogP contribution in [0.1, 0.15) is 41.8 Å². The van der Waals surface area contributed by atoms with Gasteiger partial charge in [-0.2, -0.15) is 0 Å². The van der Waals surface area contributed by atoms with E-state index in [0.29, 0.717) is 38.6 Å². The van der Waals surface area contributed by atoms with E-state index in [0.717, 1.165) is 12.0 Å². The molecule has 1 atom stereocenters. The van der Waals surface area contributed by atoms with Gasteiger partial charge in [-0.3, -0.25) is 18.7 Å². The number of hydrogen-bond acceptors (Lipinski definition) is 5. The number of carbonyl (C=O) groups is 1. The van der Waals surface area contributed by atoms with E-state index in [1.807, 2.05) is 32.0 Å². The largest absolute Gasteiger partial charge is 0.493 e. The Morgan fingerprint density at radius 1 is 0.947 bits per heavy atom. The van der Waals surface area contributed by atoms with Gasteiger partial charge in [-0.05, 0) is 48.7 Å². The van der Waals surface area contributed by atoms with Crippen LogP contribution in [-0.4, -0.2) is 35.3 Å². The maximum absolute atomic E-state index is 13.8. The summed E-state index contributed by atoms with van der Waals surface area (Å²) in [5.41, 5.74) is 1.40. The molecular weight excluding hydrogens is 506 g/mol. The van der Waals surface area contributed by atoms with Crippen LogP contribution in [0.2, 0.25) is 5.02 Å². The Balaban J connectivity index is 1.82. The third-order valence-electron chi connectivity index (χ3n) is 6.56. The van der Waals surface area contributed by atoms with E-state index in [2.05, 4.69) is 5.32 Å². The summed E-state index contributed by atoms with van der Waals surface area (Å²) < 4.78 is 13.5. The second kappa shape index (κ2) is 11.6. The molecule has 0 aliphatic carbocycles. The topological polar surface area (TPSA) is 91.6 Å². The average molecular weight is 536 g/mol. The molecule has 198 valence electrons. The lowest BCUT2D eigenvalue weighted by Gasteiger charge is -2.17. The third-order valence-corrected chi connectivity index (χ3v) is 6.93. The molecule has 1 heterocycles. The minimum atomic E-state index is -0.492. The zero-order valence-electron chi connectivity index (χ0n) is 21.8. The standard InChI is InChI=1S/C29H30ClN3O5/c1-5-18(2)31-27(34)20-12-10-19(11-13-20)16-33-28(35)22-14-25(37-3)26(38-4)15-24(22)32(29(33)36)17-21-8-6-7-9-23(21)30/h6-15,18H,5,16-17H2,1-4H3,(H,31,34)/t18-/m0/s1. The Hall–Kier alpha value is -4.04. The van der Waals surface area contributed by atoms with E-state index < -0.39 is 11.2 Å². The summed E-state index contributed by atoms with van der Waals surface area (Å²) in [7, 11) is 2.98. The highest BCUT2D eigenvalue weighted by Crippen LogP contribution is 2.31. The molecule has 1 aromatic heterocycles. The van der Waals surface area contributed by atoms with Crippen LogP contribution in [0, 0.1) is 0 Å². The van der Waals surface area contributed by atoms with Gasteiger partial charge in [0.05, 0.1) is 38.2 Å². The van der Waals surface area contributed by atoms with Gasteiger partial charge in [0.15, 0.2) is 11.5 Å². The number of rotatable bonds is 9. The van der Waals surface area contributed by atoms with Crippen molar-refractivity contribution in [2.45, 2.75) is 39.4 Å². The molecule has 0 saturated carbocycles. The third kappa shape index (κ3) is 5.45. The summed E-state index contributed by atoms with van der Waals surface area (Å²) >= 11 is 6.40. The molecule has 0 bridgehead atoms. The summed E-state index contributed by atoms with van der Waals surface area (Å²) in [6.45, 7) is 4.12. The van der Waals surface area contributed by atoms with Crippen molar-refractivity contribution in [3.63, 3.8) is 0 Å². The van der Waals surface area contributed by atoms with Gasteiger partial charge >= 0.3 is 5.69 Å². The monoisotopic (exact) mass is 535 g/mol. The number of hydrogen-bond donors (Lipinski definition) is 1. The number of amides is 1. The summed E-state index contributed by atoms with van der Waals surface area (Å²) in [6.07, 6.45) is 0.825. The minimum absolute atomic E-state index is 0.0255. The summed E-state index contributed by atoms with van der Waals surface area (Å²) in [5, 5.41) is 3.74. The Bertz CT molecular complexity index is 1590. The Morgan fingerprint density at radius 2 is 1.61 bits per heavy atom. The van der Waals surface area contributed by atoms with Gasteiger partial charge in [-0.15, -0.1) is 0 Å². The fourth-order valence-electron chi connectivity index (χ4n) is 4.19. The first-order valence-electron chi connectivity index (χ1n) is 12.3. The average Bonchev–Trinajstić information content (AvgIpc) is 2.93. The van der Waals surface area contributed by atoms with Gasteiger partial charge in [-0.1, -0.05) is 48.9 Å². The van der Waals surface area contributed by atoms with Gasteiger partial charge in [0, 0.05) is 22.7 Å². The molecule has 4 rings (SSSR count). The first-order chi connectivity index (χ1) is 18.3. The number of benzene rings is 3. The van der Waals surface area contributed by atoms with Crippen molar-refractivity contribution in [1.82, 2.24) is 14.5 Å². The number of aromatic nitrogens is 2.